The SMILES string of the molecule is CN(C)Cc1ccc(Nc2ncc(C(F)(F)F)c(NCCCN3CCCCOC3=O)n2)c(C2CC2)c1. The molecule has 0 unspecified atom stereocenters. The highest BCUT2D eigenvalue weighted by Crippen LogP contribution is 2.44. The number of carbonyl (C=O) groups is 1. The van der Waals surface area contributed by atoms with Crippen molar-refractivity contribution in [3.8, 4) is 0 Å². The van der Waals surface area contributed by atoms with E-state index in [1.807, 2.05) is 26.2 Å². The molecule has 2 fully saturated rings. The second-order valence-electron chi connectivity index (χ2n) is 9.60. The fourth-order valence-electron chi connectivity index (χ4n) is 4.25. The molecular formula is C25H33F3N6O2. The summed E-state index contributed by atoms with van der Waals surface area (Å²) in [5.74, 6) is 0.256. The van der Waals surface area contributed by atoms with Gasteiger partial charge in [-0.15, -0.1) is 0 Å². The van der Waals surface area contributed by atoms with E-state index in [-0.39, 0.29) is 24.4 Å². The molecule has 1 aromatic carbocycles. The fourth-order valence-corrected chi connectivity index (χ4v) is 4.25. The Balaban J connectivity index is 1.46. The number of amides is 1. The Bertz CT molecular complexity index is 1060. The second kappa shape index (κ2) is 11.3. The zero-order valence-electron chi connectivity index (χ0n) is 20.7. The average molecular weight is 507 g/mol. The number of ether oxygens (including phenoxy) is 1. The number of hydrogen-bond acceptors (Lipinski definition) is 7. The third-order valence-electron chi connectivity index (χ3n) is 6.18. The number of benzene rings is 1. The Kier molecular flexibility index (Phi) is 8.17. The van der Waals surface area contributed by atoms with Crippen LogP contribution < -0.4 is 10.6 Å². The van der Waals surface area contributed by atoms with E-state index in [4.69, 9.17) is 4.74 Å². The maximum Gasteiger partial charge on any atom is 0.421 e. The maximum absolute atomic E-state index is 13.6. The summed E-state index contributed by atoms with van der Waals surface area (Å²) >= 11 is 0. The highest BCUT2D eigenvalue weighted by atomic mass is 19.4. The van der Waals surface area contributed by atoms with Gasteiger partial charge in [-0.2, -0.15) is 18.2 Å². The number of hydrogen-bond donors (Lipinski definition) is 2. The Morgan fingerprint density at radius 2 is 2.03 bits per heavy atom. The normalized spacial score (nSPS) is 16.6. The highest BCUT2D eigenvalue weighted by molar-refractivity contribution is 5.67. The van der Waals surface area contributed by atoms with Crippen molar-refractivity contribution in [3.63, 3.8) is 0 Å². The zero-order valence-corrected chi connectivity index (χ0v) is 20.7. The predicted octanol–water partition coefficient (Wildman–Crippen LogP) is 5.21. The van der Waals surface area contributed by atoms with Gasteiger partial charge >= 0.3 is 12.3 Å². The van der Waals surface area contributed by atoms with Crippen LogP contribution in [-0.4, -0.2) is 66.2 Å². The summed E-state index contributed by atoms with van der Waals surface area (Å²) in [5.41, 5.74) is 2.20. The van der Waals surface area contributed by atoms with Crippen LogP contribution in [0.3, 0.4) is 0 Å². The van der Waals surface area contributed by atoms with Crippen LogP contribution in [0.4, 0.5) is 35.4 Å². The summed E-state index contributed by atoms with van der Waals surface area (Å²) in [5, 5.41) is 5.94. The fraction of sp³-hybridized carbons (Fsp3) is 0.560. The molecule has 1 aromatic heterocycles. The molecule has 36 heavy (non-hydrogen) atoms. The minimum atomic E-state index is -4.59. The Labute approximate surface area is 209 Å². The van der Waals surface area contributed by atoms with Gasteiger partial charge in [0.15, 0.2) is 0 Å². The molecule has 0 atom stereocenters. The van der Waals surface area contributed by atoms with Crippen molar-refractivity contribution < 1.29 is 22.7 Å². The Hall–Kier alpha value is -3.08. The second-order valence-corrected chi connectivity index (χ2v) is 9.60. The first-order chi connectivity index (χ1) is 17.2. The summed E-state index contributed by atoms with van der Waals surface area (Å²) in [6, 6.07) is 6.10. The lowest BCUT2D eigenvalue weighted by Gasteiger charge is -2.20. The van der Waals surface area contributed by atoms with Crippen molar-refractivity contribution in [1.29, 1.82) is 0 Å². The maximum atomic E-state index is 13.6. The monoisotopic (exact) mass is 506 g/mol. The Morgan fingerprint density at radius 1 is 1.22 bits per heavy atom. The molecule has 0 radical (unpaired) electrons. The number of anilines is 3. The van der Waals surface area contributed by atoms with E-state index in [0.29, 0.717) is 32.0 Å². The minimum Gasteiger partial charge on any atom is -0.449 e. The van der Waals surface area contributed by atoms with E-state index in [9.17, 15) is 18.0 Å². The summed E-state index contributed by atoms with van der Waals surface area (Å²) in [6.45, 7) is 2.41. The van der Waals surface area contributed by atoms with Gasteiger partial charge in [0.2, 0.25) is 5.95 Å². The van der Waals surface area contributed by atoms with Gasteiger partial charge in [0.25, 0.3) is 0 Å². The number of aromatic nitrogens is 2. The van der Waals surface area contributed by atoms with Gasteiger partial charge < -0.3 is 25.2 Å². The van der Waals surface area contributed by atoms with E-state index >= 15 is 0 Å². The smallest absolute Gasteiger partial charge is 0.421 e. The van der Waals surface area contributed by atoms with Crippen LogP contribution in [0.5, 0.6) is 0 Å². The molecule has 2 heterocycles. The van der Waals surface area contributed by atoms with E-state index in [1.165, 1.54) is 5.56 Å². The molecule has 196 valence electrons. The summed E-state index contributed by atoms with van der Waals surface area (Å²) in [4.78, 5) is 23.7. The first-order valence-corrected chi connectivity index (χ1v) is 12.3. The summed E-state index contributed by atoms with van der Waals surface area (Å²) in [6.07, 6.45) is 0.128. The third kappa shape index (κ3) is 6.99. The number of nitrogens with one attached hydrogen (secondary N) is 2. The lowest BCUT2D eigenvalue weighted by molar-refractivity contribution is -0.137. The lowest BCUT2D eigenvalue weighted by Crippen LogP contribution is -2.32. The van der Waals surface area contributed by atoms with Gasteiger partial charge in [0.05, 0.1) is 6.61 Å². The van der Waals surface area contributed by atoms with Gasteiger partial charge in [-0.1, -0.05) is 12.1 Å². The van der Waals surface area contributed by atoms with Crippen molar-refractivity contribution in [2.24, 2.45) is 0 Å². The first-order valence-electron chi connectivity index (χ1n) is 12.3. The first kappa shape index (κ1) is 26.0. The van der Waals surface area contributed by atoms with E-state index in [2.05, 4.69) is 31.6 Å². The molecule has 11 heteroatoms. The van der Waals surface area contributed by atoms with E-state index in [1.54, 1.807) is 4.90 Å². The average Bonchev–Trinajstić information content (AvgIpc) is 3.66. The van der Waals surface area contributed by atoms with Gasteiger partial charge in [0, 0.05) is 38.1 Å². The number of nitrogens with zero attached hydrogens (tertiary/aromatic N) is 4. The van der Waals surface area contributed by atoms with Crippen molar-refractivity contribution in [2.45, 2.75) is 50.7 Å². The van der Waals surface area contributed by atoms with E-state index < -0.39 is 11.7 Å². The highest BCUT2D eigenvalue weighted by Gasteiger charge is 2.35. The molecular weight excluding hydrogens is 473 g/mol. The zero-order chi connectivity index (χ0) is 25.7. The molecule has 0 spiro atoms. The predicted molar refractivity (Wildman–Crippen MR) is 131 cm³/mol. The quantitative estimate of drug-likeness (QED) is 0.428. The largest absolute Gasteiger partial charge is 0.449 e. The molecule has 1 aliphatic carbocycles. The number of alkyl halides is 3. The number of cyclic esters (lactones) is 1. The summed E-state index contributed by atoms with van der Waals surface area (Å²) < 4.78 is 46.0. The molecule has 1 saturated heterocycles. The molecule has 4 rings (SSSR count). The van der Waals surface area contributed by atoms with Crippen molar-refractivity contribution in [3.05, 3.63) is 41.1 Å². The molecule has 2 aromatic rings. The van der Waals surface area contributed by atoms with Gasteiger partial charge in [-0.25, -0.2) is 9.78 Å². The van der Waals surface area contributed by atoms with Crippen molar-refractivity contribution in [2.75, 3.05) is 51.0 Å². The molecule has 0 bridgehead atoms. The van der Waals surface area contributed by atoms with Crippen LogP contribution in [-0.2, 0) is 17.5 Å². The van der Waals surface area contributed by atoms with Crippen molar-refractivity contribution >= 4 is 23.5 Å². The van der Waals surface area contributed by atoms with E-state index in [0.717, 1.165) is 49.7 Å². The van der Waals surface area contributed by atoms with Crippen LogP contribution in [0.2, 0.25) is 0 Å². The van der Waals surface area contributed by atoms with Crippen LogP contribution in [0.15, 0.2) is 24.4 Å². The van der Waals surface area contributed by atoms with Gasteiger partial charge in [0.1, 0.15) is 11.4 Å². The molecule has 8 nitrogen and oxygen atoms in total. The van der Waals surface area contributed by atoms with Gasteiger partial charge in [-0.3, -0.25) is 0 Å². The van der Waals surface area contributed by atoms with Crippen LogP contribution in [0.25, 0.3) is 0 Å². The topological polar surface area (TPSA) is 82.6 Å². The molecule has 1 amide bonds. The van der Waals surface area contributed by atoms with Crippen molar-refractivity contribution in [1.82, 2.24) is 19.8 Å². The molecule has 2 N–H and O–H groups in total. The van der Waals surface area contributed by atoms with Crippen LogP contribution in [0, 0.1) is 0 Å². The lowest BCUT2D eigenvalue weighted by atomic mass is 10.0. The molecule has 1 aliphatic heterocycles. The number of halogens is 3. The summed E-state index contributed by atoms with van der Waals surface area (Å²) in [7, 11) is 4.01. The van der Waals surface area contributed by atoms with Crippen LogP contribution in [0.1, 0.15) is 54.7 Å². The van der Waals surface area contributed by atoms with Gasteiger partial charge in [-0.05, 0) is 69.3 Å². The van der Waals surface area contributed by atoms with Crippen LogP contribution >= 0.6 is 0 Å². The standard InChI is InChI=1S/C25H33F3N6O2/c1-33(2)16-17-6-9-21(19(14-17)18-7-8-18)31-23-30-15-20(25(26,27)28)22(32-23)29-10-5-12-34-11-3-4-13-36-24(34)35/h6,9,14-15,18H,3-5,7-8,10-13,16H2,1-2H3,(H2,29,30,31,32). The molecule has 2 aliphatic rings. The molecule has 1 saturated carbocycles. The Morgan fingerprint density at radius 3 is 2.75 bits per heavy atom. The number of carbonyl (C=O) groups excluding carboxylic acids is 1. The number of rotatable bonds is 10. The minimum absolute atomic E-state index is 0.101. The third-order valence-corrected chi connectivity index (χ3v) is 6.18.